The second-order valence-corrected chi connectivity index (χ2v) is 7.93. The van der Waals surface area contributed by atoms with Gasteiger partial charge in [0, 0.05) is 26.2 Å². The molecule has 3 rings (SSSR count). The number of rotatable bonds is 5. The summed E-state index contributed by atoms with van der Waals surface area (Å²) in [7, 11) is 0. The number of piperazine rings is 1. The second kappa shape index (κ2) is 8.26. The van der Waals surface area contributed by atoms with Crippen LogP contribution in [-0.4, -0.2) is 58.2 Å². The number of nitrogens with zero attached hydrogens (tertiary/aromatic N) is 4. The third kappa shape index (κ3) is 4.08. The fourth-order valence-corrected chi connectivity index (χ4v) is 3.83. The summed E-state index contributed by atoms with van der Waals surface area (Å²) >= 11 is 0. The molecule has 1 saturated heterocycles. The van der Waals surface area contributed by atoms with E-state index in [0.717, 1.165) is 67.3 Å². The zero-order valence-electron chi connectivity index (χ0n) is 17.3. The molecule has 0 N–H and O–H groups in total. The van der Waals surface area contributed by atoms with Crippen molar-refractivity contribution in [2.45, 2.75) is 41.0 Å². The number of benzene rings is 1. The fraction of sp³-hybridized carbons (Fsp3) is 0.545. The molecule has 1 aromatic carbocycles. The van der Waals surface area contributed by atoms with Crippen LogP contribution < -0.4 is 0 Å². The zero-order chi connectivity index (χ0) is 19.6. The number of para-hydroxylation sites is 1. The second-order valence-electron chi connectivity index (χ2n) is 7.93. The molecule has 1 fully saturated rings. The Kier molecular flexibility index (Phi) is 6.00. The van der Waals surface area contributed by atoms with Crippen molar-refractivity contribution >= 4 is 5.91 Å². The predicted molar refractivity (Wildman–Crippen MR) is 110 cm³/mol. The molecule has 0 radical (unpaired) electrons. The van der Waals surface area contributed by atoms with Crippen molar-refractivity contribution in [3.8, 4) is 5.69 Å². The van der Waals surface area contributed by atoms with E-state index < -0.39 is 0 Å². The lowest BCUT2D eigenvalue weighted by atomic mass is 10.0. The molecule has 0 spiro atoms. The summed E-state index contributed by atoms with van der Waals surface area (Å²) in [6, 6.07) is 8.22. The van der Waals surface area contributed by atoms with Crippen LogP contribution in [0.25, 0.3) is 5.69 Å². The molecule has 0 bridgehead atoms. The van der Waals surface area contributed by atoms with E-state index in [1.165, 1.54) is 0 Å². The Bertz CT molecular complexity index is 801. The summed E-state index contributed by atoms with van der Waals surface area (Å²) in [4.78, 5) is 17.8. The molecule has 0 atom stereocenters. The molecule has 5 heteroatoms. The van der Waals surface area contributed by atoms with Gasteiger partial charge in [-0.2, -0.15) is 5.10 Å². The topological polar surface area (TPSA) is 41.4 Å². The lowest BCUT2D eigenvalue weighted by molar-refractivity contribution is 0.0641. The maximum absolute atomic E-state index is 13.4. The molecular weight excluding hydrogens is 336 g/mol. The molecule has 0 unspecified atom stereocenters. The van der Waals surface area contributed by atoms with E-state index in [1.54, 1.807) is 0 Å². The van der Waals surface area contributed by atoms with Gasteiger partial charge in [-0.15, -0.1) is 0 Å². The van der Waals surface area contributed by atoms with Gasteiger partial charge in [-0.25, -0.2) is 4.68 Å². The molecule has 5 nitrogen and oxygen atoms in total. The summed E-state index contributed by atoms with van der Waals surface area (Å²) in [5, 5.41) is 4.89. The average Bonchev–Trinajstić information content (AvgIpc) is 2.96. The lowest BCUT2D eigenvalue weighted by Crippen LogP contribution is -2.48. The van der Waals surface area contributed by atoms with Crippen molar-refractivity contribution in [3.05, 3.63) is 46.8 Å². The SMILES string of the molecule is CCN1CCN(C(=O)c2c(CC(C)C)nn(-c3ccccc3C)c2C)CC1. The maximum atomic E-state index is 13.4. The van der Waals surface area contributed by atoms with E-state index in [9.17, 15) is 4.79 Å². The molecular formula is C22H32N4O. The normalized spacial score (nSPS) is 15.6. The third-order valence-corrected chi connectivity index (χ3v) is 5.45. The van der Waals surface area contributed by atoms with Crippen LogP contribution in [0.3, 0.4) is 0 Å². The third-order valence-electron chi connectivity index (χ3n) is 5.45. The summed E-state index contributed by atoms with van der Waals surface area (Å²) in [5.41, 5.74) is 4.89. The Hall–Kier alpha value is -2.14. The van der Waals surface area contributed by atoms with Crippen LogP contribution in [0.4, 0.5) is 0 Å². The first-order chi connectivity index (χ1) is 12.9. The van der Waals surface area contributed by atoms with Gasteiger partial charge in [0.05, 0.1) is 22.6 Å². The molecule has 0 saturated carbocycles. The monoisotopic (exact) mass is 368 g/mol. The van der Waals surface area contributed by atoms with Gasteiger partial charge in [-0.05, 0) is 44.4 Å². The number of carbonyl (C=O) groups is 1. The van der Waals surface area contributed by atoms with E-state index in [2.05, 4.69) is 44.7 Å². The van der Waals surface area contributed by atoms with Crippen LogP contribution in [0, 0.1) is 19.8 Å². The summed E-state index contributed by atoms with van der Waals surface area (Å²) in [6.07, 6.45) is 0.815. The number of hydrogen-bond donors (Lipinski definition) is 0. The van der Waals surface area contributed by atoms with Gasteiger partial charge in [0.15, 0.2) is 0 Å². The van der Waals surface area contributed by atoms with Crippen LogP contribution in [-0.2, 0) is 6.42 Å². The minimum absolute atomic E-state index is 0.138. The summed E-state index contributed by atoms with van der Waals surface area (Å²) in [5.74, 6) is 0.590. The highest BCUT2D eigenvalue weighted by atomic mass is 16.2. The molecule has 146 valence electrons. The molecule has 27 heavy (non-hydrogen) atoms. The van der Waals surface area contributed by atoms with E-state index in [0.29, 0.717) is 5.92 Å². The van der Waals surface area contributed by atoms with Crippen molar-refractivity contribution in [2.75, 3.05) is 32.7 Å². The van der Waals surface area contributed by atoms with Crippen molar-refractivity contribution < 1.29 is 4.79 Å². The van der Waals surface area contributed by atoms with Crippen LogP contribution in [0.15, 0.2) is 24.3 Å². The molecule has 1 aromatic heterocycles. The fourth-order valence-electron chi connectivity index (χ4n) is 3.83. The Labute approximate surface area is 163 Å². The van der Waals surface area contributed by atoms with E-state index >= 15 is 0 Å². The van der Waals surface area contributed by atoms with E-state index in [1.807, 2.05) is 28.6 Å². The number of hydrogen-bond acceptors (Lipinski definition) is 3. The Morgan fingerprint density at radius 3 is 2.37 bits per heavy atom. The number of aryl methyl sites for hydroxylation is 1. The lowest BCUT2D eigenvalue weighted by Gasteiger charge is -2.34. The predicted octanol–water partition coefficient (Wildman–Crippen LogP) is 3.47. The highest BCUT2D eigenvalue weighted by Gasteiger charge is 2.28. The van der Waals surface area contributed by atoms with Crippen molar-refractivity contribution in [1.82, 2.24) is 19.6 Å². The van der Waals surface area contributed by atoms with Crippen molar-refractivity contribution in [2.24, 2.45) is 5.92 Å². The smallest absolute Gasteiger partial charge is 0.257 e. The number of aromatic nitrogens is 2. The summed E-state index contributed by atoms with van der Waals surface area (Å²) in [6.45, 7) is 15.2. The number of amides is 1. The Morgan fingerprint density at radius 2 is 1.78 bits per heavy atom. The van der Waals surface area contributed by atoms with Gasteiger partial charge in [0.2, 0.25) is 0 Å². The standard InChI is InChI=1S/C22H32N4O/c1-6-24-11-13-25(14-12-24)22(27)21-18(5)26(23-19(21)15-16(2)3)20-10-8-7-9-17(20)4/h7-10,16H,6,11-15H2,1-5H3. The zero-order valence-corrected chi connectivity index (χ0v) is 17.3. The minimum Gasteiger partial charge on any atom is -0.336 e. The highest BCUT2D eigenvalue weighted by Crippen LogP contribution is 2.24. The number of likely N-dealkylation sites (N-methyl/N-ethyl adjacent to an activating group) is 1. The molecule has 1 aliphatic rings. The Balaban J connectivity index is 1.98. The molecule has 0 aliphatic carbocycles. The van der Waals surface area contributed by atoms with Gasteiger partial charge in [0.25, 0.3) is 5.91 Å². The van der Waals surface area contributed by atoms with Crippen molar-refractivity contribution in [3.63, 3.8) is 0 Å². The molecule has 2 aromatic rings. The molecule has 1 aliphatic heterocycles. The van der Waals surface area contributed by atoms with Crippen LogP contribution in [0.5, 0.6) is 0 Å². The van der Waals surface area contributed by atoms with Gasteiger partial charge >= 0.3 is 0 Å². The van der Waals surface area contributed by atoms with Gasteiger partial charge in [-0.1, -0.05) is 39.0 Å². The van der Waals surface area contributed by atoms with Crippen molar-refractivity contribution in [1.29, 1.82) is 0 Å². The van der Waals surface area contributed by atoms with Gasteiger partial charge in [0.1, 0.15) is 0 Å². The van der Waals surface area contributed by atoms with Crippen LogP contribution >= 0.6 is 0 Å². The highest BCUT2D eigenvalue weighted by molar-refractivity contribution is 5.96. The van der Waals surface area contributed by atoms with E-state index in [-0.39, 0.29) is 5.91 Å². The first kappa shape index (κ1) is 19.6. The number of carbonyl (C=O) groups excluding carboxylic acids is 1. The molecule has 1 amide bonds. The van der Waals surface area contributed by atoms with E-state index in [4.69, 9.17) is 5.10 Å². The largest absolute Gasteiger partial charge is 0.336 e. The molecule has 2 heterocycles. The first-order valence-electron chi connectivity index (χ1n) is 10.1. The van der Waals surface area contributed by atoms with Crippen LogP contribution in [0.2, 0.25) is 0 Å². The minimum atomic E-state index is 0.138. The maximum Gasteiger partial charge on any atom is 0.257 e. The Morgan fingerprint density at radius 1 is 1.11 bits per heavy atom. The van der Waals surface area contributed by atoms with Gasteiger partial charge < -0.3 is 9.80 Å². The average molecular weight is 369 g/mol. The summed E-state index contributed by atoms with van der Waals surface area (Å²) < 4.78 is 1.96. The van der Waals surface area contributed by atoms with Gasteiger partial charge in [-0.3, -0.25) is 4.79 Å². The van der Waals surface area contributed by atoms with Crippen LogP contribution in [0.1, 0.15) is 48.1 Å². The first-order valence-corrected chi connectivity index (χ1v) is 10.1. The quantitative estimate of drug-likeness (QED) is 0.811.